The van der Waals surface area contributed by atoms with Gasteiger partial charge in [0.25, 0.3) is 0 Å². The molecule has 0 aliphatic carbocycles. The van der Waals surface area contributed by atoms with Gasteiger partial charge < -0.3 is 25.2 Å². The molecule has 0 bridgehead atoms. The lowest BCUT2D eigenvalue weighted by Gasteiger charge is -2.37. The second-order valence-corrected chi connectivity index (χ2v) is 8.26. The first-order valence-corrected chi connectivity index (χ1v) is 11.3. The molecule has 3 N–H and O–H groups in total. The molecule has 0 radical (unpaired) electrons. The first-order chi connectivity index (χ1) is 14.6. The van der Waals surface area contributed by atoms with Crippen LogP contribution in [0.15, 0.2) is 40.7 Å². The van der Waals surface area contributed by atoms with E-state index in [0.717, 1.165) is 44.3 Å². The van der Waals surface area contributed by atoms with E-state index in [1.54, 1.807) is 30.6 Å². The molecular formula is C22H32N4O3S. The maximum absolute atomic E-state index is 10.1. The molecule has 2 atom stereocenters. The highest BCUT2D eigenvalue weighted by Gasteiger charge is 2.26. The van der Waals surface area contributed by atoms with E-state index in [-0.39, 0.29) is 17.9 Å². The maximum atomic E-state index is 10.1. The minimum absolute atomic E-state index is 0.217. The number of aromatic hydroxyl groups is 1. The number of nitrogens with zero attached hydrogens (tertiary/aromatic N) is 2. The fourth-order valence-electron chi connectivity index (χ4n) is 3.53. The molecule has 2 aromatic rings. The molecule has 8 heteroatoms. The number of methoxy groups -OCH3 is 1. The minimum atomic E-state index is 0.217. The van der Waals surface area contributed by atoms with Crippen molar-refractivity contribution in [1.82, 2.24) is 15.5 Å². The normalized spacial score (nSPS) is 18.8. The Hall–Kier alpha value is -2.29. The van der Waals surface area contributed by atoms with Gasteiger partial charge in [0, 0.05) is 36.6 Å². The number of hydrogen-bond acceptors (Lipinski definition) is 6. The van der Waals surface area contributed by atoms with Crippen LogP contribution in [0.5, 0.6) is 11.5 Å². The highest BCUT2D eigenvalue weighted by atomic mass is 32.1. The Morgan fingerprint density at radius 2 is 2.27 bits per heavy atom. The van der Waals surface area contributed by atoms with Crippen LogP contribution in [0.3, 0.4) is 0 Å². The van der Waals surface area contributed by atoms with E-state index in [2.05, 4.69) is 45.0 Å². The number of nitrogens with one attached hydrogen (secondary N) is 2. The van der Waals surface area contributed by atoms with E-state index >= 15 is 0 Å². The predicted octanol–water partition coefficient (Wildman–Crippen LogP) is 2.98. The van der Waals surface area contributed by atoms with E-state index in [1.807, 2.05) is 13.0 Å². The molecular weight excluding hydrogens is 400 g/mol. The molecule has 1 aromatic heterocycles. The summed E-state index contributed by atoms with van der Waals surface area (Å²) in [6.07, 6.45) is 0.235. The van der Waals surface area contributed by atoms with Crippen LogP contribution in [0.25, 0.3) is 0 Å². The fraction of sp³-hybridized carbons (Fsp3) is 0.500. The van der Waals surface area contributed by atoms with Crippen molar-refractivity contribution >= 4 is 17.3 Å². The zero-order valence-corrected chi connectivity index (χ0v) is 18.7. The fourth-order valence-corrected chi connectivity index (χ4v) is 4.39. The van der Waals surface area contributed by atoms with Gasteiger partial charge in [-0.1, -0.05) is 6.07 Å². The van der Waals surface area contributed by atoms with Crippen LogP contribution in [-0.4, -0.2) is 62.0 Å². The summed E-state index contributed by atoms with van der Waals surface area (Å²) in [6, 6.07) is 9.73. The van der Waals surface area contributed by atoms with Gasteiger partial charge in [0.05, 0.1) is 32.4 Å². The summed E-state index contributed by atoms with van der Waals surface area (Å²) in [5, 5.41) is 19.0. The number of thiophene rings is 1. The smallest absolute Gasteiger partial charge is 0.191 e. The Kier molecular flexibility index (Phi) is 8.36. The lowest BCUT2D eigenvalue weighted by Crippen LogP contribution is -2.48. The molecule has 30 heavy (non-hydrogen) atoms. The third-order valence-electron chi connectivity index (χ3n) is 5.09. The van der Waals surface area contributed by atoms with Gasteiger partial charge in [0.15, 0.2) is 5.96 Å². The zero-order chi connectivity index (χ0) is 21.3. The number of hydrogen-bond donors (Lipinski definition) is 3. The Bertz CT molecular complexity index is 813. The number of phenolic OH excluding ortho intramolecular Hbond substituents is 1. The van der Waals surface area contributed by atoms with E-state index in [9.17, 15) is 5.11 Å². The van der Waals surface area contributed by atoms with Gasteiger partial charge in [-0.15, -0.1) is 11.3 Å². The average molecular weight is 433 g/mol. The standard InChI is InChI=1S/C22H32N4O3S/c1-4-23-22(24-13-17-12-18(28-3)7-8-20(17)27)25-14-19(21-6-5-11-30-21)26-9-10-29-16(2)15-26/h5-8,11-12,16,19,27H,4,9-10,13-15H2,1-3H3,(H2,23,24,25). The number of benzene rings is 1. The molecule has 1 aromatic carbocycles. The summed E-state index contributed by atoms with van der Waals surface area (Å²) in [4.78, 5) is 8.48. The van der Waals surface area contributed by atoms with Gasteiger partial charge in [-0.3, -0.25) is 4.90 Å². The quantitative estimate of drug-likeness (QED) is 0.440. The first-order valence-electron chi connectivity index (χ1n) is 10.4. The van der Waals surface area contributed by atoms with Gasteiger partial charge in [-0.25, -0.2) is 4.99 Å². The van der Waals surface area contributed by atoms with Crippen molar-refractivity contribution in [3.05, 3.63) is 46.2 Å². The van der Waals surface area contributed by atoms with Crippen LogP contribution >= 0.6 is 11.3 Å². The Balaban J connectivity index is 1.70. The SMILES string of the molecule is CCNC(=NCc1cc(OC)ccc1O)NCC(c1cccs1)N1CCOC(C)C1. The van der Waals surface area contributed by atoms with Crippen LogP contribution in [-0.2, 0) is 11.3 Å². The second kappa shape index (κ2) is 11.2. The van der Waals surface area contributed by atoms with E-state index < -0.39 is 0 Å². The van der Waals surface area contributed by atoms with Crippen LogP contribution in [0.2, 0.25) is 0 Å². The summed E-state index contributed by atoms with van der Waals surface area (Å²) in [5.74, 6) is 1.65. The molecule has 1 aliphatic rings. The number of phenols is 1. The third kappa shape index (κ3) is 6.10. The largest absolute Gasteiger partial charge is 0.508 e. The highest BCUT2D eigenvalue weighted by Crippen LogP contribution is 2.27. The van der Waals surface area contributed by atoms with Gasteiger partial charge in [-0.05, 0) is 43.5 Å². The number of morpholine rings is 1. The molecule has 1 aliphatic heterocycles. The number of rotatable bonds is 8. The van der Waals surface area contributed by atoms with Gasteiger partial charge >= 0.3 is 0 Å². The van der Waals surface area contributed by atoms with E-state index in [1.165, 1.54) is 4.88 Å². The van der Waals surface area contributed by atoms with Gasteiger partial charge in [0.1, 0.15) is 11.5 Å². The lowest BCUT2D eigenvalue weighted by molar-refractivity contribution is -0.0334. The third-order valence-corrected chi connectivity index (χ3v) is 6.06. The van der Waals surface area contributed by atoms with Crippen molar-refractivity contribution in [3.63, 3.8) is 0 Å². The average Bonchev–Trinajstić information content (AvgIpc) is 3.27. The maximum Gasteiger partial charge on any atom is 0.191 e. The van der Waals surface area contributed by atoms with Crippen LogP contribution in [0.1, 0.15) is 30.3 Å². The zero-order valence-electron chi connectivity index (χ0n) is 17.9. The Morgan fingerprint density at radius 1 is 1.40 bits per heavy atom. The summed E-state index contributed by atoms with van der Waals surface area (Å²) in [5.41, 5.74) is 0.725. The van der Waals surface area contributed by atoms with Crippen LogP contribution in [0.4, 0.5) is 0 Å². The summed E-state index contributed by atoms with van der Waals surface area (Å²) >= 11 is 1.78. The van der Waals surface area contributed by atoms with Crippen molar-refractivity contribution in [3.8, 4) is 11.5 Å². The number of aliphatic imine (C=N–C) groups is 1. The Labute approximate surface area is 182 Å². The van der Waals surface area contributed by atoms with Gasteiger partial charge in [0.2, 0.25) is 0 Å². The molecule has 1 fully saturated rings. The molecule has 164 valence electrons. The minimum Gasteiger partial charge on any atom is -0.508 e. The van der Waals surface area contributed by atoms with Crippen molar-refractivity contribution in [2.75, 3.05) is 39.9 Å². The predicted molar refractivity (Wildman–Crippen MR) is 122 cm³/mol. The molecule has 2 unspecified atom stereocenters. The van der Waals surface area contributed by atoms with Crippen LogP contribution in [0, 0.1) is 0 Å². The van der Waals surface area contributed by atoms with Crippen LogP contribution < -0.4 is 15.4 Å². The molecule has 0 saturated carbocycles. The Morgan fingerprint density at radius 3 is 2.97 bits per heavy atom. The van der Waals surface area contributed by atoms with E-state index in [4.69, 9.17) is 9.47 Å². The van der Waals surface area contributed by atoms with Crippen molar-refractivity contribution in [1.29, 1.82) is 0 Å². The van der Waals surface area contributed by atoms with Crippen molar-refractivity contribution < 1.29 is 14.6 Å². The number of ether oxygens (including phenoxy) is 2. The topological polar surface area (TPSA) is 78.4 Å². The molecule has 3 rings (SSSR count). The molecule has 0 spiro atoms. The molecule has 1 saturated heterocycles. The lowest BCUT2D eigenvalue weighted by atomic mass is 10.1. The summed E-state index contributed by atoms with van der Waals surface area (Å²) < 4.78 is 11.0. The molecule has 0 amide bonds. The van der Waals surface area contributed by atoms with Crippen molar-refractivity contribution in [2.24, 2.45) is 4.99 Å². The highest BCUT2D eigenvalue weighted by molar-refractivity contribution is 7.10. The molecule has 7 nitrogen and oxygen atoms in total. The summed E-state index contributed by atoms with van der Waals surface area (Å²) in [7, 11) is 1.61. The van der Waals surface area contributed by atoms with Crippen molar-refractivity contribution in [2.45, 2.75) is 32.5 Å². The van der Waals surface area contributed by atoms with Gasteiger partial charge in [-0.2, -0.15) is 0 Å². The first kappa shape index (κ1) is 22.4. The summed E-state index contributed by atoms with van der Waals surface area (Å²) in [6.45, 7) is 8.60. The van der Waals surface area contributed by atoms with E-state index in [0.29, 0.717) is 12.3 Å². The molecule has 2 heterocycles. The monoisotopic (exact) mass is 432 g/mol. The number of guanidine groups is 1. The second-order valence-electron chi connectivity index (χ2n) is 7.28.